The fraction of sp³-hybridized carbons (Fsp3) is 0.744. The first-order chi connectivity index (χ1) is 22.2. The predicted octanol–water partition coefficient (Wildman–Crippen LogP) is 8.14. The number of carbonyl (C=O) groups excluding carboxylic acids is 2. The second-order valence-corrected chi connectivity index (χ2v) is 16.8. The second kappa shape index (κ2) is 11.2. The summed E-state index contributed by atoms with van der Waals surface area (Å²) in [6.45, 7) is 10.0. The van der Waals surface area contributed by atoms with Gasteiger partial charge in [-0.15, -0.1) is 0 Å². The average Bonchev–Trinajstić information content (AvgIpc) is 3.82. The van der Waals surface area contributed by atoms with Gasteiger partial charge in [0.1, 0.15) is 11.9 Å². The fourth-order valence-corrected chi connectivity index (χ4v) is 13.3. The number of imidazole rings is 1. The number of ether oxygens (including phenoxy) is 1. The van der Waals surface area contributed by atoms with Crippen molar-refractivity contribution in [1.82, 2.24) is 19.9 Å². The van der Waals surface area contributed by atoms with E-state index in [4.69, 9.17) is 9.72 Å². The molecule has 5 saturated carbocycles. The minimum Gasteiger partial charge on any atom is -0.462 e. The SMILES string of the molecule is CC(=O)OC1CCC2(C)C(CCC3(C)C4CCC5(C(=O)N6CCCC6c6ncc(-c7ccccn7)[nH]6)CCCC5C4CCC23)C1C. The molecule has 0 radical (unpaired) electrons. The molecule has 1 saturated heterocycles. The molecule has 2 aromatic heterocycles. The number of hydrogen-bond acceptors (Lipinski definition) is 5. The molecule has 6 fully saturated rings. The van der Waals surface area contributed by atoms with Crippen molar-refractivity contribution in [3.05, 3.63) is 36.4 Å². The molecule has 11 atom stereocenters. The Morgan fingerprint density at radius 1 is 0.891 bits per heavy atom. The number of carbonyl (C=O) groups is 2. The van der Waals surface area contributed by atoms with Gasteiger partial charge >= 0.3 is 5.97 Å². The minimum absolute atomic E-state index is 0.0332. The highest BCUT2D eigenvalue weighted by atomic mass is 16.5. The molecule has 0 bridgehead atoms. The molecule has 1 aliphatic heterocycles. The number of rotatable bonds is 4. The van der Waals surface area contributed by atoms with Crippen LogP contribution in [0.2, 0.25) is 0 Å². The number of H-pyrrole nitrogens is 1. The monoisotopic (exact) mass is 626 g/mol. The molecule has 6 aliphatic rings. The summed E-state index contributed by atoms with van der Waals surface area (Å²) in [5.74, 6) is 4.91. The van der Waals surface area contributed by atoms with Crippen LogP contribution in [0.3, 0.4) is 0 Å². The Morgan fingerprint density at radius 2 is 1.70 bits per heavy atom. The van der Waals surface area contributed by atoms with Gasteiger partial charge in [-0.2, -0.15) is 0 Å². The highest BCUT2D eigenvalue weighted by Gasteiger charge is 2.66. The third-order valence-electron chi connectivity index (χ3n) is 15.1. The van der Waals surface area contributed by atoms with Crippen LogP contribution in [0, 0.1) is 51.8 Å². The zero-order chi connectivity index (χ0) is 31.8. The Kier molecular flexibility index (Phi) is 7.45. The number of nitrogens with zero attached hydrogens (tertiary/aromatic N) is 3. The Bertz CT molecular complexity index is 1470. The molecule has 7 heteroatoms. The summed E-state index contributed by atoms with van der Waals surface area (Å²) in [6.07, 6.45) is 18.8. The van der Waals surface area contributed by atoms with Crippen molar-refractivity contribution >= 4 is 11.9 Å². The standard InChI is InChI=1S/C39H54N4O3/c1-24-27-14-18-38(4)28-15-20-39(36(45)43-22-8-11-32(43)35-41-23-31(42-35)30-10-5-6-21-40-30)17-7-9-29(39)26(28)12-13-34(38)37(27,3)19-16-33(24)46-25(2)44/h5-6,10,21,23-24,26-29,32-34H,7-9,11-20,22H2,1-4H3,(H,41,42). The van der Waals surface area contributed by atoms with Gasteiger partial charge in [0.05, 0.1) is 29.0 Å². The molecule has 1 N–H and O–H groups in total. The zero-order valence-electron chi connectivity index (χ0n) is 28.5. The Balaban J connectivity index is 1.02. The van der Waals surface area contributed by atoms with Gasteiger partial charge in [0.2, 0.25) is 5.91 Å². The quantitative estimate of drug-likeness (QED) is 0.346. The van der Waals surface area contributed by atoms with E-state index in [9.17, 15) is 9.59 Å². The molecule has 5 aliphatic carbocycles. The van der Waals surface area contributed by atoms with Crippen LogP contribution in [0.5, 0.6) is 0 Å². The van der Waals surface area contributed by atoms with Crippen LogP contribution >= 0.6 is 0 Å². The molecule has 8 rings (SSSR count). The van der Waals surface area contributed by atoms with Crippen molar-refractivity contribution < 1.29 is 14.3 Å². The molecule has 3 heterocycles. The number of amides is 1. The lowest BCUT2D eigenvalue weighted by atomic mass is 9.37. The molecule has 0 spiro atoms. The van der Waals surface area contributed by atoms with E-state index >= 15 is 0 Å². The van der Waals surface area contributed by atoms with E-state index in [0.29, 0.717) is 40.4 Å². The van der Waals surface area contributed by atoms with Crippen LogP contribution in [-0.2, 0) is 14.3 Å². The summed E-state index contributed by atoms with van der Waals surface area (Å²) in [6, 6.07) is 5.97. The number of pyridine rings is 1. The van der Waals surface area contributed by atoms with Gasteiger partial charge < -0.3 is 14.6 Å². The molecule has 46 heavy (non-hydrogen) atoms. The number of aromatic nitrogens is 3. The van der Waals surface area contributed by atoms with E-state index in [-0.39, 0.29) is 23.5 Å². The summed E-state index contributed by atoms with van der Waals surface area (Å²) in [5.41, 5.74) is 2.28. The Labute approximate surface area is 275 Å². The van der Waals surface area contributed by atoms with Crippen LogP contribution in [0.25, 0.3) is 11.4 Å². The molecule has 0 aromatic carbocycles. The lowest BCUT2D eigenvalue weighted by Gasteiger charge is -2.67. The van der Waals surface area contributed by atoms with E-state index in [2.05, 4.69) is 35.6 Å². The number of fused-ring (bicyclic) bond motifs is 7. The first-order valence-corrected chi connectivity index (χ1v) is 18.6. The van der Waals surface area contributed by atoms with Crippen LogP contribution < -0.4 is 0 Å². The number of aromatic amines is 1. The molecule has 2 aromatic rings. The molecule has 248 valence electrons. The van der Waals surface area contributed by atoms with Gasteiger partial charge in [0, 0.05) is 19.7 Å². The smallest absolute Gasteiger partial charge is 0.302 e. The van der Waals surface area contributed by atoms with Crippen molar-refractivity contribution in [1.29, 1.82) is 0 Å². The zero-order valence-corrected chi connectivity index (χ0v) is 28.5. The number of esters is 1. The van der Waals surface area contributed by atoms with E-state index < -0.39 is 0 Å². The first-order valence-electron chi connectivity index (χ1n) is 18.6. The molecule has 1 amide bonds. The van der Waals surface area contributed by atoms with Gasteiger partial charge in [0.25, 0.3) is 0 Å². The van der Waals surface area contributed by atoms with Crippen molar-refractivity contribution in [2.24, 2.45) is 51.8 Å². The van der Waals surface area contributed by atoms with Crippen LogP contribution in [-0.4, -0.2) is 44.4 Å². The van der Waals surface area contributed by atoms with E-state index in [1.165, 1.54) is 51.4 Å². The lowest BCUT2D eigenvalue weighted by Crippen LogP contribution is -2.62. The maximum absolute atomic E-state index is 14.9. The maximum Gasteiger partial charge on any atom is 0.302 e. The topological polar surface area (TPSA) is 88.2 Å². The third-order valence-corrected chi connectivity index (χ3v) is 15.1. The van der Waals surface area contributed by atoms with Crippen molar-refractivity contribution in [3.8, 4) is 11.4 Å². The van der Waals surface area contributed by atoms with E-state index in [1.54, 1.807) is 6.92 Å². The molecular weight excluding hydrogens is 572 g/mol. The number of hydrogen-bond donors (Lipinski definition) is 1. The third kappa shape index (κ3) is 4.48. The van der Waals surface area contributed by atoms with Crippen molar-refractivity contribution in [3.63, 3.8) is 0 Å². The number of nitrogens with one attached hydrogen (secondary N) is 1. The van der Waals surface area contributed by atoms with Crippen molar-refractivity contribution in [2.75, 3.05) is 6.54 Å². The normalized spacial score (nSPS) is 43.3. The molecule has 11 unspecified atom stereocenters. The summed E-state index contributed by atoms with van der Waals surface area (Å²) in [4.78, 5) is 41.9. The minimum atomic E-state index is -0.193. The Hall–Kier alpha value is -2.70. The largest absolute Gasteiger partial charge is 0.462 e. The van der Waals surface area contributed by atoms with Gasteiger partial charge in [-0.25, -0.2) is 4.98 Å². The average molecular weight is 627 g/mol. The van der Waals surface area contributed by atoms with Gasteiger partial charge in [-0.3, -0.25) is 14.6 Å². The number of likely N-dealkylation sites (tertiary alicyclic amines) is 1. The van der Waals surface area contributed by atoms with Crippen LogP contribution in [0.1, 0.15) is 123 Å². The highest BCUT2D eigenvalue weighted by Crippen LogP contribution is 2.72. The fourth-order valence-electron chi connectivity index (χ4n) is 13.3. The van der Waals surface area contributed by atoms with Gasteiger partial charge in [-0.05, 0) is 136 Å². The predicted molar refractivity (Wildman–Crippen MR) is 177 cm³/mol. The Morgan fingerprint density at radius 3 is 2.50 bits per heavy atom. The molecular formula is C39H54N4O3. The second-order valence-electron chi connectivity index (χ2n) is 16.8. The highest BCUT2D eigenvalue weighted by molar-refractivity contribution is 5.84. The van der Waals surface area contributed by atoms with Crippen LogP contribution in [0.4, 0.5) is 0 Å². The lowest BCUT2D eigenvalue weighted by molar-refractivity contribution is -0.203. The molecule has 7 nitrogen and oxygen atoms in total. The first kappa shape index (κ1) is 30.6. The summed E-state index contributed by atoms with van der Waals surface area (Å²) < 4.78 is 5.84. The summed E-state index contributed by atoms with van der Waals surface area (Å²) in [7, 11) is 0. The van der Waals surface area contributed by atoms with E-state index in [0.717, 1.165) is 67.7 Å². The van der Waals surface area contributed by atoms with E-state index in [1.807, 2.05) is 30.6 Å². The van der Waals surface area contributed by atoms with Crippen LogP contribution in [0.15, 0.2) is 30.6 Å². The summed E-state index contributed by atoms with van der Waals surface area (Å²) in [5, 5.41) is 0. The van der Waals surface area contributed by atoms with Crippen molar-refractivity contribution in [2.45, 2.75) is 123 Å². The summed E-state index contributed by atoms with van der Waals surface area (Å²) >= 11 is 0. The van der Waals surface area contributed by atoms with Gasteiger partial charge in [-0.1, -0.05) is 33.3 Å². The van der Waals surface area contributed by atoms with Gasteiger partial charge in [0.15, 0.2) is 0 Å². The maximum atomic E-state index is 14.9.